The lowest BCUT2D eigenvalue weighted by atomic mass is 10.2. The summed E-state index contributed by atoms with van der Waals surface area (Å²) in [6, 6.07) is 7.73. The summed E-state index contributed by atoms with van der Waals surface area (Å²) in [5.74, 6) is 0.405. The molecule has 1 aromatic heterocycles. The molecule has 1 heterocycles. The first-order valence-corrected chi connectivity index (χ1v) is 7.88. The molecule has 0 spiro atoms. The standard InChI is InChI=1S/C13H14ClN3O3S/c1-15-13-12(14)6-11(7-16-13)21(19,20)17-10-4-2-9(8-18)3-5-10/h2-7,17-18H,8H2,1H3,(H,15,16). The summed E-state index contributed by atoms with van der Waals surface area (Å²) in [6.45, 7) is -0.0992. The molecule has 0 saturated carbocycles. The summed E-state index contributed by atoms with van der Waals surface area (Å²) in [6.07, 6.45) is 1.22. The van der Waals surface area contributed by atoms with Crippen LogP contribution in [0.3, 0.4) is 0 Å². The molecule has 0 unspecified atom stereocenters. The monoisotopic (exact) mass is 327 g/mol. The lowest BCUT2D eigenvalue weighted by Crippen LogP contribution is -2.13. The predicted molar refractivity (Wildman–Crippen MR) is 82.0 cm³/mol. The van der Waals surface area contributed by atoms with Crippen LogP contribution in [0.4, 0.5) is 11.5 Å². The molecular weight excluding hydrogens is 314 g/mol. The zero-order valence-electron chi connectivity index (χ0n) is 11.2. The van der Waals surface area contributed by atoms with Gasteiger partial charge in [-0.2, -0.15) is 0 Å². The molecule has 1 aromatic carbocycles. The maximum absolute atomic E-state index is 12.2. The highest BCUT2D eigenvalue weighted by molar-refractivity contribution is 7.92. The van der Waals surface area contributed by atoms with Crippen LogP contribution in [0.2, 0.25) is 5.02 Å². The maximum Gasteiger partial charge on any atom is 0.263 e. The topological polar surface area (TPSA) is 91.3 Å². The summed E-state index contributed by atoms with van der Waals surface area (Å²) < 4.78 is 26.9. The van der Waals surface area contributed by atoms with Gasteiger partial charge >= 0.3 is 0 Å². The second kappa shape index (κ2) is 6.30. The van der Waals surface area contributed by atoms with Crippen molar-refractivity contribution >= 4 is 33.1 Å². The van der Waals surface area contributed by atoms with E-state index in [1.54, 1.807) is 31.3 Å². The van der Waals surface area contributed by atoms with Crippen LogP contribution < -0.4 is 10.0 Å². The molecule has 6 nitrogen and oxygen atoms in total. The van der Waals surface area contributed by atoms with E-state index >= 15 is 0 Å². The van der Waals surface area contributed by atoms with Gasteiger partial charge in [0.1, 0.15) is 10.7 Å². The van der Waals surface area contributed by atoms with Gasteiger partial charge in [0, 0.05) is 18.9 Å². The molecule has 0 radical (unpaired) electrons. The summed E-state index contributed by atoms with van der Waals surface area (Å²) in [5, 5.41) is 11.9. The molecule has 0 aliphatic rings. The van der Waals surface area contributed by atoms with Crippen molar-refractivity contribution in [3.63, 3.8) is 0 Å². The van der Waals surface area contributed by atoms with Crippen molar-refractivity contribution in [1.29, 1.82) is 0 Å². The Bertz CT molecular complexity index is 733. The number of hydrogen-bond acceptors (Lipinski definition) is 5. The zero-order chi connectivity index (χ0) is 15.5. The Morgan fingerprint density at radius 3 is 2.48 bits per heavy atom. The maximum atomic E-state index is 12.2. The number of anilines is 2. The minimum atomic E-state index is -3.77. The second-order valence-electron chi connectivity index (χ2n) is 4.21. The van der Waals surface area contributed by atoms with E-state index in [0.29, 0.717) is 17.1 Å². The van der Waals surface area contributed by atoms with Crippen molar-refractivity contribution in [3.8, 4) is 0 Å². The van der Waals surface area contributed by atoms with Gasteiger partial charge in [0.15, 0.2) is 0 Å². The number of aliphatic hydroxyl groups excluding tert-OH is 1. The minimum Gasteiger partial charge on any atom is -0.392 e. The number of nitrogens with one attached hydrogen (secondary N) is 2. The van der Waals surface area contributed by atoms with Crippen LogP contribution in [0, 0.1) is 0 Å². The first-order valence-electron chi connectivity index (χ1n) is 6.02. The SMILES string of the molecule is CNc1ncc(S(=O)(=O)Nc2ccc(CO)cc2)cc1Cl. The fraction of sp³-hybridized carbons (Fsp3) is 0.154. The van der Waals surface area contributed by atoms with Crippen LogP contribution in [0.15, 0.2) is 41.4 Å². The molecule has 0 bridgehead atoms. The zero-order valence-corrected chi connectivity index (χ0v) is 12.7. The lowest BCUT2D eigenvalue weighted by molar-refractivity contribution is 0.282. The molecule has 3 N–H and O–H groups in total. The molecule has 2 aromatic rings. The van der Waals surface area contributed by atoms with Crippen molar-refractivity contribution in [3.05, 3.63) is 47.1 Å². The Labute approximate surface area is 127 Å². The van der Waals surface area contributed by atoms with Gasteiger partial charge in [0.2, 0.25) is 0 Å². The lowest BCUT2D eigenvalue weighted by Gasteiger charge is -2.10. The van der Waals surface area contributed by atoms with E-state index in [2.05, 4.69) is 15.0 Å². The average molecular weight is 328 g/mol. The highest BCUT2D eigenvalue weighted by Gasteiger charge is 2.16. The molecule has 8 heteroatoms. The largest absolute Gasteiger partial charge is 0.392 e. The first-order chi connectivity index (χ1) is 9.96. The normalized spacial score (nSPS) is 11.2. The van der Waals surface area contributed by atoms with Crippen molar-refractivity contribution < 1.29 is 13.5 Å². The number of pyridine rings is 1. The number of nitrogens with zero attached hydrogens (tertiary/aromatic N) is 1. The Morgan fingerprint density at radius 1 is 1.29 bits per heavy atom. The smallest absolute Gasteiger partial charge is 0.263 e. The molecule has 112 valence electrons. The number of aromatic nitrogens is 1. The molecule has 0 saturated heterocycles. The third-order valence-electron chi connectivity index (χ3n) is 2.75. The second-order valence-corrected chi connectivity index (χ2v) is 6.30. The number of hydrogen-bond donors (Lipinski definition) is 3. The van der Waals surface area contributed by atoms with E-state index in [-0.39, 0.29) is 16.5 Å². The molecule has 0 aliphatic heterocycles. The van der Waals surface area contributed by atoms with Crippen LogP contribution in [0.25, 0.3) is 0 Å². The summed E-state index contributed by atoms with van der Waals surface area (Å²) >= 11 is 5.93. The van der Waals surface area contributed by atoms with Gasteiger partial charge in [-0.05, 0) is 23.8 Å². The van der Waals surface area contributed by atoms with Gasteiger partial charge in [0.05, 0.1) is 11.6 Å². The third kappa shape index (κ3) is 3.63. The van der Waals surface area contributed by atoms with E-state index < -0.39 is 10.0 Å². The molecule has 21 heavy (non-hydrogen) atoms. The Kier molecular flexibility index (Phi) is 4.66. The number of benzene rings is 1. The van der Waals surface area contributed by atoms with Gasteiger partial charge in [-0.1, -0.05) is 23.7 Å². The van der Waals surface area contributed by atoms with Gasteiger partial charge in [-0.15, -0.1) is 0 Å². The Balaban J connectivity index is 2.26. The highest BCUT2D eigenvalue weighted by Crippen LogP contribution is 2.23. The van der Waals surface area contributed by atoms with Crippen molar-refractivity contribution in [2.24, 2.45) is 0 Å². The van der Waals surface area contributed by atoms with Crippen LogP contribution in [-0.2, 0) is 16.6 Å². The highest BCUT2D eigenvalue weighted by atomic mass is 35.5. The van der Waals surface area contributed by atoms with Gasteiger partial charge in [0.25, 0.3) is 10.0 Å². The molecule has 2 rings (SSSR count). The molecular formula is C13H14ClN3O3S. The van der Waals surface area contributed by atoms with Gasteiger partial charge in [-0.25, -0.2) is 13.4 Å². The van der Waals surface area contributed by atoms with Gasteiger partial charge < -0.3 is 10.4 Å². The Hall–Kier alpha value is -1.83. The molecule has 0 fully saturated rings. The molecule has 0 amide bonds. The average Bonchev–Trinajstić information content (AvgIpc) is 2.47. The Morgan fingerprint density at radius 2 is 1.95 bits per heavy atom. The van der Waals surface area contributed by atoms with Crippen LogP contribution >= 0.6 is 11.6 Å². The third-order valence-corrected chi connectivity index (χ3v) is 4.39. The van der Waals surface area contributed by atoms with Crippen molar-refractivity contribution in [2.75, 3.05) is 17.1 Å². The van der Waals surface area contributed by atoms with Crippen molar-refractivity contribution in [1.82, 2.24) is 4.98 Å². The number of halogens is 1. The molecule has 0 aliphatic carbocycles. The number of sulfonamides is 1. The summed E-state index contributed by atoms with van der Waals surface area (Å²) in [5.41, 5.74) is 1.09. The van der Waals surface area contributed by atoms with Crippen LogP contribution in [0.5, 0.6) is 0 Å². The predicted octanol–water partition coefficient (Wildman–Crippen LogP) is 2.07. The van der Waals surface area contributed by atoms with E-state index in [1.165, 1.54) is 12.3 Å². The van der Waals surface area contributed by atoms with E-state index in [4.69, 9.17) is 16.7 Å². The quantitative estimate of drug-likeness (QED) is 0.782. The molecule has 0 atom stereocenters. The van der Waals surface area contributed by atoms with Crippen LogP contribution in [0.1, 0.15) is 5.56 Å². The van der Waals surface area contributed by atoms with E-state index in [0.717, 1.165) is 0 Å². The summed E-state index contributed by atoms with van der Waals surface area (Å²) in [7, 11) is -2.13. The number of aliphatic hydroxyl groups is 1. The first kappa shape index (κ1) is 15.6. The van der Waals surface area contributed by atoms with E-state index in [1.807, 2.05) is 0 Å². The van der Waals surface area contributed by atoms with Gasteiger partial charge in [-0.3, -0.25) is 4.72 Å². The van der Waals surface area contributed by atoms with Crippen molar-refractivity contribution in [2.45, 2.75) is 11.5 Å². The number of rotatable bonds is 5. The van der Waals surface area contributed by atoms with Crippen LogP contribution in [-0.4, -0.2) is 25.6 Å². The fourth-order valence-corrected chi connectivity index (χ4v) is 3.00. The van der Waals surface area contributed by atoms with E-state index in [9.17, 15) is 8.42 Å². The fourth-order valence-electron chi connectivity index (χ4n) is 1.64. The summed E-state index contributed by atoms with van der Waals surface area (Å²) in [4.78, 5) is 3.91. The minimum absolute atomic E-state index is 0.0299.